The highest BCUT2D eigenvalue weighted by atomic mass is 79.9. The van der Waals surface area contributed by atoms with Crippen LogP contribution < -0.4 is 46.9 Å². The van der Waals surface area contributed by atoms with Gasteiger partial charge in [0, 0.05) is 69.4 Å². The van der Waals surface area contributed by atoms with E-state index in [9.17, 15) is 48.3 Å². The van der Waals surface area contributed by atoms with Gasteiger partial charge in [0.15, 0.2) is 12.0 Å². The van der Waals surface area contributed by atoms with Crippen LogP contribution in [0.1, 0.15) is 116 Å². The lowest BCUT2D eigenvalue weighted by Crippen LogP contribution is -2.63. The summed E-state index contributed by atoms with van der Waals surface area (Å²) in [5.41, 5.74) is 2.95. The van der Waals surface area contributed by atoms with Crippen LogP contribution in [0, 0.1) is 11.8 Å². The van der Waals surface area contributed by atoms with Crippen molar-refractivity contribution in [3.05, 3.63) is 70.3 Å². The standard InChI is InChI=1S/C66H94Br2ClN9O17/c1-38(2)55(72-44(34-79)17-14-22-63(6,7)95-65(35-67,36-68)37-80)58(83)74-46(18-15-23-71-61(70)86)57(82)73-45-21-20-43(31-47(45)78-24-26-91-27-25-78)59(84)76(9)41(5)60(85)93-52-32-53(81)77(10)48-29-42(30-49(89-11)54(48)69)28-39(3)16-13-19-51(90-12)66(88)33-50(92-62(87)75-66)40(4)56-64(52,8)94-56/h13,16,19-21,29-31,34,37-38,40-41,44,46,50-52,55-56,72,88H,14-15,17-18,22-28,32-33,35-36H2,1-12H3,(H,73,82)(H,74,83)(H,75,87)(H3,70,71,86)/b19-13+,39-16+/t40-,41+,44?,46+,50+,51-,52+,55+,56+,64+,66+/m1/s1. The summed E-state index contributed by atoms with van der Waals surface area (Å²) in [6.45, 7) is 15.5. The van der Waals surface area contributed by atoms with Crippen LogP contribution in [-0.2, 0) is 63.6 Å². The third-order valence-electron chi connectivity index (χ3n) is 17.9. The van der Waals surface area contributed by atoms with Gasteiger partial charge >= 0.3 is 18.1 Å². The summed E-state index contributed by atoms with van der Waals surface area (Å²) in [5, 5.41) is 26.8. The van der Waals surface area contributed by atoms with E-state index in [4.69, 9.17) is 50.5 Å². The molecule has 7 amide bonds. The van der Waals surface area contributed by atoms with Gasteiger partial charge in [0.1, 0.15) is 58.7 Å². The van der Waals surface area contributed by atoms with E-state index in [1.54, 1.807) is 64.1 Å². The number of nitrogens with two attached hydrogens (primary N) is 1. The van der Waals surface area contributed by atoms with E-state index in [0.717, 1.165) is 23.7 Å². The first-order valence-electron chi connectivity index (χ1n) is 31.8. The fraction of sp³-hybridized carbons (Fsp3) is 0.621. The molecule has 0 spiro atoms. The van der Waals surface area contributed by atoms with Gasteiger partial charge in [-0.15, -0.1) is 0 Å². The highest BCUT2D eigenvalue weighted by molar-refractivity contribution is 9.10. The number of hydrogen-bond donors (Lipinski definition) is 7. The Morgan fingerprint density at radius 1 is 1.01 bits per heavy atom. The van der Waals surface area contributed by atoms with Crippen LogP contribution in [0.3, 0.4) is 0 Å². The highest BCUT2D eigenvalue weighted by Gasteiger charge is 2.64. The van der Waals surface area contributed by atoms with Crippen molar-refractivity contribution < 1.29 is 81.4 Å². The van der Waals surface area contributed by atoms with Crippen LogP contribution in [0.4, 0.5) is 26.7 Å². The van der Waals surface area contributed by atoms with Crippen molar-refractivity contribution in [3.63, 3.8) is 0 Å². The molecular weight excluding hydrogens is 1390 g/mol. The number of methoxy groups -OCH3 is 2. The Labute approximate surface area is 577 Å². The number of nitrogens with one attached hydrogen (secondary N) is 5. The topological polar surface area (TPSA) is 338 Å². The number of aldehydes is 2. The smallest absolute Gasteiger partial charge is 0.409 e. The maximum absolute atomic E-state index is 14.7. The Bertz CT molecular complexity index is 3150. The molecule has 95 heavy (non-hydrogen) atoms. The molecule has 2 aromatic rings. The molecule has 3 saturated heterocycles. The summed E-state index contributed by atoms with van der Waals surface area (Å²) >= 11 is 13.6. The number of benzene rings is 2. The summed E-state index contributed by atoms with van der Waals surface area (Å²) in [6.07, 6.45) is 3.01. The highest BCUT2D eigenvalue weighted by Crippen LogP contribution is 2.49. The molecule has 2 aromatic carbocycles. The fourth-order valence-electron chi connectivity index (χ4n) is 12.0. The molecule has 0 radical (unpaired) electrons. The van der Waals surface area contributed by atoms with Gasteiger partial charge in [-0.1, -0.05) is 88.0 Å². The predicted molar refractivity (Wildman–Crippen MR) is 364 cm³/mol. The molecule has 3 fully saturated rings. The number of alkyl carbamates (subject to hydrolysis) is 1. The summed E-state index contributed by atoms with van der Waals surface area (Å²) in [4.78, 5) is 127. The van der Waals surface area contributed by atoms with Crippen LogP contribution in [0.25, 0.3) is 0 Å². The van der Waals surface area contributed by atoms with E-state index in [1.165, 1.54) is 51.1 Å². The zero-order chi connectivity index (χ0) is 70.3. The molecule has 526 valence electrons. The van der Waals surface area contributed by atoms with E-state index < -0.39 is 125 Å². The first-order valence-corrected chi connectivity index (χ1v) is 34.4. The molecule has 1 unspecified atom stereocenters. The Morgan fingerprint density at radius 3 is 2.33 bits per heavy atom. The first kappa shape index (κ1) is 77.8. The molecule has 6 rings (SSSR count). The lowest BCUT2D eigenvalue weighted by Gasteiger charge is -2.42. The number of hydrogen-bond acceptors (Lipinski definition) is 19. The molecule has 4 aliphatic rings. The van der Waals surface area contributed by atoms with Crippen molar-refractivity contribution in [2.24, 2.45) is 17.6 Å². The van der Waals surface area contributed by atoms with Crippen LogP contribution >= 0.6 is 43.5 Å². The number of halogens is 3. The average Bonchev–Trinajstić information content (AvgIpc) is 1.58. The SMILES string of the molecule is COc1cc2cc(c1Cl)N(C)C(=O)C[C@H](OC(=O)[C@H](C)N(C)C(=O)c1ccc(NC(=O)[C@H](CCCNC(N)=O)NC(=O)[C@@H](NC(C=O)CCCC(C)(C)OC(C=O)(CBr)CBr)C(C)C)c(N3CCOCC3)c1)[C@]1(C)O[C@H]1[C@H](C)[C@@H]1C[C@@](O)(NC(=O)O1)[C@H](OC)/C=C/C=C(\C)C2. The van der Waals surface area contributed by atoms with Gasteiger partial charge in [-0.2, -0.15) is 0 Å². The van der Waals surface area contributed by atoms with Gasteiger partial charge in [0.05, 0.1) is 67.6 Å². The Kier molecular flexibility index (Phi) is 28.1. The maximum atomic E-state index is 14.7. The minimum atomic E-state index is -1.93. The Balaban J connectivity index is 1.25. The third-order valence-corrected chi connectivity index (χ3v) is 20.1. The molecule has 8 N–H and O–H groups in total. The van der Waals surface area contributed by atoms with Crippen molar-refractivity contribution in [2.45, 2.75) is 178 Å². The largest absolute Gasteiger partial charge is 0.495 e. The zero-order valence-electron chi connectivity index (χ0n) is 56.2. The number of allylic oxidation sites excluding steroid dienone is 3. The van der Waals surface area contributed by atoms with Gasteiger partial charge in [0.25, 0.3) is 5.91 Å². The van der Waals surface area contributed by atoms with Crippen molar-refractivity contribution in [1.29, 1.82) is 0 Å². The number of primary amides is 1. The van der Waals surface area contributed by atoms with Crippen LogP contribution in [0.2, 0.25) is 5.02 Å². The monoisotopic (exact) mass is 1480 g/mol. The van der Waals surface area contributed by atoms with Crippen molar-refractivity contribution in [2.75, 3.05) is 86.9 Å². The van der Waals surface area contributed by atoms with Gasteiger partial charge in [-0.25, -0.2) is 14.4 Å². The molecule has 29 heteroatoms. The lowest BCUT2D eigenvalue weighted by molar-refractivity contribution is -0.158. The number of fused-ring (bicyclic) bond motifs is 5. The normalized spacial score (nSPS) is 24.8. The maximum Gasteiger partial charge on any atom is 0.409 e. The van der Waals surface area contributed by atoms with E-state index in [1.807, 2.05) is 31.7 Å². The van der Waals surface area contributed by atoms with E-state index >= 15 is 0 Å². The van der Waals surface area contributed by atoms with Crippen LogP contribution in [0.15, 0.2) is 54.1 Å². The fourth-order valence-corrected chi connectivity index (χ4v) is 13.7. The van der Waals surface area contributed by atoms with Crippen molar-refractivity contribution in [3.8, 4) is 5.75 Å². The minimum absolute atomic E-state index is 0.0410. The number of alkyl halides is 2. The molecule has 26 nitrogen and oxygen atoms in total. The molecule has 0 aliphatic carbocycles. The molecule has 0 saturated carbocycles. The molecular formula is C66H94Br2ClN9O17. The van der Waals surface area contributed by atoms with Crippen LogP contribution in [0.5, 0.6) is 5.75 Å². The van der Waals surface area contributed by atoms with E-state index in [0.29, 0.717) is 69.1 Å². The average molecular weight is 1480 g/mol. The number of anilines is 3. The summed E-state index contributed by atoms with van der Waals surface area (Å²) in [5.74, 6) is -3.95. The number of amides is 7. The van der Waals surface area contributed by atoms with Gasteiger partial charge < -0.3 is 84.2 Å². The number of morpholine rings is 1. The number of carbonyl (C=O) groups is 9. The van der Waals surface area contributed by atoms with E-state index in [-0.39, 0.29) is 58.7 Å². The predicted octanol–water partition coefficient (Wildman–Crippen LogP) is 6.41. The summed E-state index contributed by atoms with van der Waals surface area (Å²) < 4.78 is 41.7. The second-order valence-electron chi connectivity index (χ2n) is 26.0. The second kappa shape index (κ2) is 34.3. The second-order valence-corrected chi connectivity index (χ2v) is 27.5. The molecule has 11 atom stereocenters. The number of aliphatic hydroxyl groups is 1. The quantitative estimate of drug-likeness (QED) is 0.0159. The van der Waals surface area contributed by atoms with E-state index in [2.05, 4.69) is 58.4 Å². The number of nitrogens with zero attached hydrogens (tertiary/aromatic N) is 3. The van der Waals surface area contributed by atoms with Crippen molar-refractivity contribution in [1.82, 2.24) is 26.2 Å². The van der Waals surface area contributed by atoms with Crippen LogP contribution in [-0.4, -0.2) is 207 Å². The van der Waals surface area contributed by atoms with Gasteiger partial charge in [-0.05, 0) is 115 Å². The summed E-state index contributed by atoms with van der Waals surface area (Å²) in [7, 11) is 5.81. The number of urea groups is 1. The molecule has 4 bridgehead atoms. The summed E-state index contributed by atoms with van der Waals surface area (Å²) in [6, 6.07) is 3.15. The third kappa shape index (κ3) is 20.2. The van der Waals surface area contributed by atoms with Crippen molar-refractivity contribution >= 4 is 115 Å². The number of ether oxygens (including phenoxy) is 7. The number of carbonyl (C=O) groups excluding carboxylic acids is 9. The number of rotatable bonds is 28. The first-order chi connectivity index (χ1) is 44.8. The molecule has 4 aliphatic heterocycles. The molecule has 4 heterocycles. The lowest BCUT2D eigenvalue weighted by atomic mass is 9.83. The molecule has 0 aromatic heterocycles. The van der Waals surface area contributed by atoms with Gasteiger partial charge in [-0.3, -0.25) is 29.8 Å². The Hall–Kier alpha value is -6.24. The number of esters is 1. The Morgan fingerprint density at radius 2 is 1.71 bits per heavy atom. The minimum Gasteiger partial charge on any atom is -0.495 e. The van der Waals surface area contributed by atoms with Gasteiger partial charge in [0.2, 0.25) is 17.7 Å². The number of likely N-dealkylation sites (N-methyl/N-ethyl adjacent to an activating group) is 1. The number of epoxide rings is 1. The zero-order valence-corrected chi connectivity index (χ0v) is 60.1.